The van der Waals surface area contributed by atoms with Crippen LogP contribution in [0.5, 0.6) is 0 Å². The van der Waals surface area contributed by atoms with Crippen molar-refractivity contribution in [3.05, 3.63) is 34.4 Å². The first kappa shape index (κ1) is 17.1. The van der Waals surface area contributed by atoms with Gasteiger partial charge in [-0.25, -0.2) is 9.97 Å². The Kier molecular flexibility index (Phi) is 4.57. The monoisotopic (exact) mass is 371 g/mol. The number of hydrogen-bond donors (Lipinski definition) is 2. The zero-order valence-electron chi connectivity index (χ0n) is 12.6. The fourth-order valence-electron chi connectivity index (χ4n) is 2.24. The van der Waals surface area contributed by atoms with Gasteiger partial charge in [0.1, 0.15) is 6.54 Å². The topological polar surface area (TPSA) is 87.2 Å². The molecule has 2 N–H and O–H groups in total. The summed E-state index contributed by atoms with van der Waals surface area (Å²) in [6.07, 6.45) is -3.35. The van der Waals surface area contributed by atoms with Gasteiger partial charge in [0, 0.05) is 11.6 Å². The summed E-state index contributed by atoms with van der Waals surface area (Å²) >= 11 is 1.38. The molecule has 2 aromatic heterocycles. The lowest BCUT2D eigenvalue weighted by Gasteiger charge is -2.29. The van der Waals surface area contributed by atoms with Crippen LogP contribution in [0.4, 0.5) is 24.7 Å². The maximum atomic E-state index is 12.2. The highest BCUT2D eigenvalue weighted by Crippen LogP contribution is 2.29. The number of thiazole rings is 1. The summed E-state index contributed by atoms with van der Waals surface area (Å²) in [5, 5.41) is 6.37. The smallest absolute Gasteiger partial charge is 0.359 e. The van der Waals surface area contributed by atoms with Crippen molar-refractivity contribution in [1.29, 1.82) is 0 Å². The van der Waals surface area contributed by atoms with E-state index in [1.165, 1.54) is 22.3 Å². The van der Waals surface area contributed by atoms with Gasteiger partial charge in [0.15, 0.2) is 5.82 Å². The largest absolute Gasteiger partial charge is 0.405 e. The highest BCUT2D eigenvalue weighted by molar-refractivity contribution is 7.07. The molecule has 2 aromatic rings. The quantitative estimate of drug-likeness (QED) is 0.856. The Hall–Kier alpha value is -2.69. The number of carbonyl (C=O) groups excluding carboxylic acids is 2. The third-order valence-electron chi connectivity index (χ3n) is 3.38. The Morgan fingerprint density at radius 1 is 1.40 bits per heavy atom. The van der Waals surface area contributed by atoms with Gasteiger partial charge >= 0.3 is 6.18 Å². The molecule has 0 spiro atoms. The lowest BCUT2D eigenvalue weighted by atomic mass is 10.2. The summed E-state index contributed by atoms with van der Waals surface area (Å²) in [4.78, 5) is 33.6. The van der Waals surface area contributed by atoms with Crippen molar-refractivity contribution in [3.8, 4) is 0 Å². The van der Waals surface area contributed by atoms with Crippen LogP contribution in [0.25, 0.3) is 0 Å². The van der Waals surface area contributed by atoms with E-state index in [-0.39, 0.29) is 24.6 Å². The number of alkyl halides is 3. The average Bonchev–Trinajstić information content (AvgIpc) is 3.07. The molecule has 0 fully saturated rings. The molecule has 0 saturated carbocycles. The maximum Gasteiger partial charge on any atom is 0.405 e. The first-order chi connectivity index (χ1) is 11.8. The molecule has 11 heteroatoms. The minimum atomic E-state index is -4.51. The average molecular weight is 371 g/mol. The number of nitrogens with one attached hydrogen (secondary N) is 2. The first-order valence-electron chi connectivity index (χ1n) is 7.10. The fraction of sp³-hybridized carbons (Fsp3) is 0.286. The van der Waals surface area contributed by atoms with Gasteiger partial charge in [-0.2, -0.15) is 13.2 Å². The van der Waals surface area contributed by atoms with Crippen molar-refractivity contribution in [2.45, 2.75) is 12.7 Å². The van der Waals surface area contributed by atoms with E-state index in [1.807, 2.05) is 0 Å². The van der Waals surface area contributed by atoms with E-state index in [4.69, 9.17) is 0 Å². The molecule has 0 bridgehead atoms. The number of pyridine rings is 1. The Morgan fingerprint density at radius 2 is 2.20 bits per heavy atom. The molecule has 0 atom stereocenters. The number of hydrogen-bond acceptors (Lipinski definition) is 6. The molecule has 1 aliphatic rings. The van der Waals surface area contributed by atoms with E-state index in [9.17, 15) is 22.8 Å². The minimum Gasteiger partial charge on any atom is -0.359 e. The first-order valence-corrected chi connectivity index (χ1v) is 8.04. The number of halogens is 3. The molecular formula is C14H12F3N5O2S. The predicted molar refractivity (Wildman–Crippen MR) is 84.4 cm³/mol. The maximum absolute atomic E-state index is 12.2. The lowest BCUT2D eigenvalue weighted by molar-refractivity contribution is -0.123. The molecule has 7 nitrogen and oxygen atoms in total. The molecule has 1 aliphatic heterocycles. The van der Waals surface area contributed by atoms with Crippen LogP contribution >= 0.6 is 11.3 Å². The molecule has 0 aromatic carbocycles. The molecule has 3 heterocycles. The van der Waals surface area contributed by atoms with E-state index < -0.39 is 18.6 Å². The van der Waals surface area contributed by atoms with Gasteiger partial charge in [0.2, 0.25) is 5.91 Å². The second kappa shape index (κ2) is 6.67. The predicted octanol–water partition coefficient (Wildman–Crippen LogP) is 1.79. The number of carbonyl (C=O) groups is 2. The van der Waals surface area contributed by atoms with Gasteiger partial charge in [0.05, 0.1) is 35.5 Å². The van der Waals surface area contributed by atoms with Gasteiger partial charge in [-0.05, 0) is 6.07 Å². The second-order valence-electron chi connectivity index (χ2n) is 5.20. The highest BCUT2D eigenvalue weighted by atomic mass is 32.1. The molecule has 3 rings (SSSR count). The van der Waals surface area contributed by atoms with Gasteiger partial charge < -0.3 is 15.5 Å². The summed E-state index contributed by atoms with van der Waals surface area (Å²) in [5.74, 6) is -0.795. The van der Waals surface area contributed by atoms with Crippen LogP contribution in [0.1, 0.15) is 16.1 Å². The Bertz CT molecular complexity index is 794. The second-order valence-corrected chi connectivity index (χ2v) is 5.92. The van der Waals surface area contributed by atoms with Crippen LogP contribution in [-0.2, 0) is 11.3 Å². The zero-order valence-corrected chi connectivity index (χ0v) is 13.4. The normalized spacial score (nSPS) is 14.0. The molecule has 0 radical (unpaired) electrons. The molecular weight excluding hydrogens is 359 g/mol. The van der Waals surface area contributed by atoms with Gasteiger partial charge in [0.25, 0.3) is 5.91 Å². The van der Waals surface area contributed by atoms with Crippen molar-refractivity contribution >= 4 is 34.7 Å². The van der Waals surface area contributed by atoms with Crippen LogP contribution < -0.4 is 15.5 Å². The third-order valence-corrected chi connectivity index (χ3v) is 4.02. The fourth-order valence-corrected chi connectivity index (χ4v) is 2.79. The molecule has 132 valence electrons. The van der Waals surface area contributed by atoms with Crippen molar-refractivity contribution in [2.75, 3.05) is 23.3 Å². The number of aromatic nitrogens is 2. The molecule has 25 heavy (non-hydrogen) atoms. The zero-order chi connectivity index (χ0) is 18.0. The molecule has 0 unspecified atom stereocenters. The van der Waals surface area contributed by atoms with Crippen LogP contribution in [-0.4, -0.2) is 41.0 Å². The number of nitrogens with zero attached hydrogens (tertiary/aromatic N) is 3. The van der Waals surface area contributed by atoms with Gasteiger partial charge in [-0.3, -0.25) is 9.59 Å². The van der Waals surface area contributed by atoms with Crippen LogP contribution in [0.2, 0.25) is 0 Å². The van der Waals surface area contributed by atoms with Crippen LogP contribution in [0.3, 0.4) is 0 Å². The number of amides is 2. The molecule has 0 saturated heterocycles. The van der Waals surface area contributed by atoms with E-state index >= 15 is 0 Å². The lowest BCUT2D eigenvalue weighted by Crippen LogP contribution is -2.40. The molecule has 2 amide bonds. The van der Waals surface area contributed by atoms with Gasteiger partial charge in [-0.15, -0.1) is 11.3 Å². The number of anilines is 2. The van der Waals surface area contributed by atoms with E-state index in [2.05, 4.69) is 15.3 Å². The van der Waals surface area contributed by atoms with Crippen molar-refractivity contribution in [3.63, 3.8) is 0 Å². The van der Waals surface area contributed by atoms with Crippen LogP contribution in [0, 0.1) is 0 Å². The Labute approximate surface area is 143 Å². The number of rotatable bonds is 4. The summed E-state index contributed by atoms with van der Waals surface area (Å²) in [6, 6.07) is 1.34. The highest BCUT2D eigenvalue weighted by Gasteiger charge is 2.29. The Balaban J connectivity index is 1.84. The van der Waals surface area contributed by atoms with Crippen LogP contribution in [0.15, 0.2) is 23.2 Å². The van der Waals surface area contributed by atoms with E-state index in [0.29, 0.717) is 17.2 Å². The summed E-state index contributed by atoms with van der Waals surface area (Å²) in [6.45, 7) is -1.22. The van der Waals surface area contributed by atoms with Crippen molar-refractivity contribution in [2.24, 2.45) is 0 Å². The minimum absolute atomic E-state index is 0.0315. The van der Waals surface area contributed by atoms with E-state index in [0.717, 1.165) is 6.20 Å². The van der Waals surface area contributed by atoms with Crippen molar-refractivity contribution in [1.82, 2.24) is 15.3 Å². The third kappa shape index (κ3) is 4.05. The standard InChI is InChI=1S/C14H12F3N5O2S/c15-14(16,17)6-20-13(24)8-1-10-12(18-2-8)19-3-11(23)22(10)4-9-5-25-7-21-9/h1-2,5,7H,3-4,6H2,(H,18,19)(H,20,24). The van der Waals surface area contributed by atoms with E-state index in [1.54, 1.807) is 16.2 Å². The summed E-state index contributed by atoms with van der Waals surface area (Å²) in [5.41, 5.74) is 2.55. The van der Waals surface area contributed by atoms with Crippen molar-refractivity contribution < 1.29 is 22.8 Å². The Morgan fingerprint density at radius 3 is 2.88 bits per heavy atom. The summed E-state index contributed by atoms with van der Waals surface area (Å²) in [7, 11) is 0. The molecule has 0 aliphatic carbocycles. The summed E-state index contributed by atoms with van der Waals surface area (Å²) < 4.78 is 36.7. The van der Waals surface area contributed by atoms with Gasteiger partial charge in [-0.1, -0.05) is 0 Å². The SMILES string of the molecule is O=C(NCC(F)(F)F)c1cnc2c(c1)N(Cc1cscn1)C(=O)CN2. The number of fused-ring (bicyclic) bond motifs is 1.